The summed E-state index contributed by atoms with van der Waals surface area (Å²) in [7, 11) is 0. The Kier molecular flexibility index (Phi) is 4.73. The number of hydrogen-bond donors (Lipinski definition) is 1. The summed E-state index contributed by atoms with van der Waals surface area (Å²) >= 11 is 0. The van der Waals surface area contributed by atoms with Crippen LogP contribution in [0.4, 0.5) is 5.69 Å². The van der Waals surface area contributed by atoms with E-state index in [2.05, 4.69) is 0 Å². The Morgan fingerprint density at radius 2 is 1.94 bits per heavy atom. The van der Waals surface area contributed by atoms with E-state index < -0.39 is 0 Å². The molecule has 2 N–H and O–H groups in total. The summed E-state index contributed by atoms with van der Waals surface area (Å²) in [5, 5.41) is 0. The largest absolute Gasteiger partial charge is 0.460 e. The Bertz CT molecular complexity index is 422. The minimum atomic E-state index is -0.364. The van der Waals surface area contributed by atoms with Gasteiger partial charge in [0.1, 0.15) is 6.61 Å². The number of nitrogens with two attached hydrogens (primary N) is 1. The maximum absolute atomic E-state index is 11.8. The van der Waals surface area contributed by atoms with Gasteiger partial charge in [-0.15, -0.1) is 0 Å². The predicted molar refractivity (Wildman–Crippen MR) is 71.6 cm³/mol. The second-order valence-corrected chi connectivity index (χ2v) is 5.12. The summed E-state index contributed by atoms with van der Waals surface area (Å²) in [5.41, 5.74) is 7.36. The molecule has 0 aliphatic heterocycles. The first-order valence-electron chi connectivity index (χ1n) is 5.97. The Hall–Kier alpha value is -1.55. The third-order valence-corrected chi connectivity index (χ3v) is 2.45. The smallest absolute Gasteiger partial charge is 0.338 e. The molecule has 0 amide bonds. The fraction of sp³-hybridized carbons (Fsp3) is 0.500. The van der Waals surface area contributed by atoms with Crippen molar-refractivity contribution in [3.63, 3.8) is 0 Å². The average Bonchev–Trinajstić information content (AvgIpc) is 2.26. The summed E-state index contributed by atoms with van der Waals surface area (Å²) < 4.78 is 10.6. The summed E-state index contributed by atoms with van der Waals surface area (Å²) in [5.74, 6) is -0.364. The normalized spacial score (nSPS) is 11.3. The molecule has 0 unspecified atom stereocenters. The van der Waals surface area contributed by atoms with Crippen LogP contribution in [0.5, 0.6) is 0 Å². The fourth-order valence-electron chi connectivity index (χ4n) is 1.43. The molecule has 0 atom stereocenters. The van der Waals surface area contributed by atoms with Crippen LogP contribution in [0.1, 0.15) is 36.7 Å². The maximum Gasteiger partial charge on any atom is 0.338 e. The van der Waals surface area contributed by atoms with Gasteiger partial charge in [-0.25, -0.2) is 4.79 Å². The molecule has 0 aliphatic carbocycles. The van der Waals surface area contributed by atoms with Crippen LogP contribution in [0.2, 0.25) is 0 Å². The number of anilines is 1. The quantitative estimate of drug-likeness (QED) is 0.507. The first kappa shape index (κ1) is 14.5. The van der Waals surface area contributed by atoms with E-state index in [1.165, 1.54) is 0 Å². The molecule has 0 heterocycles. The highest BCUT2D eigenvalue weighted by molar-refractivity contribution is 5.92. The number of carbonyl (C=O) groups excluding carboxylic acids is 1. The SMILES string of the molecule is Cc1c(N)cccc1C(=O)OCCOC(C)(C)C. The van der Waals surface area contributed by atoms with Crippen LogP contribution >= 0.6 is 0 Å². The Labute approximate surface area is 108 Å². The summed E-state index contributed by atoms with van der Waals surface area (Å²) in [6, 6.07) is 5.21. The van der Waals surface area contributed by atoms with Crippen LogP contribution in [-0.2, 0) is 9.47 Å². The van der Waals surface area contributed by atoms with E-state index in [4.69, 9.17) is 15.2 Å². The molecule has 100 valence electrons. The molecule has 4 heteroatoms. The molecule has 1 aromatic carbocycles. The molecule has 0 fully saturated rings. The fourth-order valence-corrected chi connectivity index (χ4v) is 1.43. The first-order chi connectivity index (χ1) is 8.31. The van der Waals surface area contributed by atoms with Gasteiger partial charge in [0.25, 0.3) is 0 Å². The van der Waals surface area contributed by atoms with Crippen LogP contribution in [0, 0.1) is 6.92 Å². The highest BCUT2D eigenvalue weighted by Gasteiger charge is 2.13. The van der Waals surface area contributed by atoms with Gasteiger partial charge in [-0.2, -0.15) is 0 Å². The number of rotatable bonds is 4. The highest BCUT2D eigenvalue weighted by Crippen LogP contribution is 2.16. The molecule has 1 aromatic rings. The van der Waals surface area contributed by atoms with E-state index >= 15 is 0 Å². The first-order valence-corrected chi connectivity index (χ1v) is 5.97. The third kappa shape index (κ3) is 4.37. The molecule has 0 bridgehead atoms. The second-order valence-electron chi connectivity index (χ2n) is 5.12. The topological polar surface area (TPSA) is 61.6 Å². The molecule has 0 aliphatic rings. The van der Waals surface area contributed by atoms with Gasteiger partial charge in [0.15, 0.2) is 0 Å². The van der Waals surface area contributed by atoms with Crippen molar-refractivity contribution in [3.8, 4) is 0 Å². The summed E-state index contributed by atoms with van der Waals surface area (Å²) in [6.45, 7) is 8.29. The van der Waals surface area contributed by atoms with Crippen molar-refractivity contribution in [2.45, 2.75) is 33.3 Å². The lowest BCUT2D eigenvalue weighted by Gasteiger charge is -2.19. The molecule has 0 aromatic heterocycles. The monoisotopic (exact) mass is 251 g/mol. The van der Waals surface area contributed by atoms with E-state index in [1.807, 2.05) is 20.8 Å². The Morgan fingerprint density at radius 3 is 2.56 bits per heavy atom. The van der Waals surface area contributed by atoms with Crippen molar-refractivity contribution < 1.29 is 14.3 Å². The van der Waals surface area contributed by atoms with Crippen LogP contribution in [-0.4, -0.2) is 24.8 Å². The number of carbonyl (C=O) groups is 1. The standard InChI is InChI=1S/C14H21NO3/c1-10-11(6-5-7-12(10)15)13(16)17-8-9-18-14(2,3)4/h5-7H,8-9,15H2,1-4H3. The number of ether oxygens (including phenoxy) is 2. The second kappa shape index (κ2) is 5.87. The number of nitrogen functional groups attached to an aromatic ring is 1. The van der Waals surface area contributed by atoms with E-state index in [9.17, 15) is 4.79 Å². The van der Waals surface area contributed by atoms with Gasteiger partial charge in [0, 0.05) is 5.69 Å². The minimum Gasteiger partial charge on any atom is -0.460 e. The minimum absolute atomic E-state index is 0.223. The summed E-state index contributed by atoms with van der Waals surface area (Å²) in [4.78, 5) is 11.8. The predicted octanol–water partition coefficient (Wildman–Crippen LogP) is 2.55. The zero-order valence-corrected chi connectivity index (χ0v) is 11.4. The van der Waals surface area contributed by atoms with Crippen LogP contribution in [0.15, 0.2) is 18.2 Å². The average molecular weight is 251 g/mol. The Balaban J connectivity index is 2.49. The van der Waals surface area contributed by atoms with Crippen molar-refractivity contribution in [2.24, 2.45) is 0 Å². The van der Waals surface area contributed by atoms with Gasteiger partial charge in [0.2, 0.25) is 0 Å². The number of benzene rings is 1. The Morgan fingerprint density at radius 1 is 1.28 bits per heavy atom. The van der Waals surface area contributed by atoms with Gasteiger partial charge in [-0.05, 0) is 45.4 Å². The molecule has 0 saturated carbocycles. The summed E-state index contributed by atoms with van der Waals surface area (Å²) in [6.07, 6.45) is 0. The van der Waals surface area contributed by atoms with Gasteiger partial charge in [0.05, 0.1) is 17.8 Å². The van der Waals surface area contributed by atoms with Crippen LogP contribution in [0.3, 0.4) is 0 Å². The van der Waals surface area contributed by atoms with Gasteiger partial charge >= 0.3 is 5.97 Å². The van der Waals surface area contributed by atoms with Crippen molar-refractivity contribution in [3.05, 3.63) is 29.3 Å². The lowest BCUT2D eigenvalue weighted by atomic mass is 10.1. The van der Waals surface area contributed by atoms with Crippen LogP contribution in [0.25, 0.3) is 0 Å². The molecular formula is C14H21NO3. The lowest BCUT2D eigenvalue weighted by Crippen LogP contribution is -2.22. The maximum atomic E-state index is 11.8. The third-order valence-electron chi connectivity index (χ3n) is 2.45. The molecule has 0 saturated heterocycles. The van der Waals surface area contributed by atoms with E-state index in [1.54, 1.807) is 25.1 Å². The van der Waals surface area contributed by atoms with Crippen molar-refractivity contribution >= 4 is 11.7 Å². The van der Waals surface area contributed by atoms with Gasteiger partial charge in [-0.1, -0.05) is 6.07 Å². The molecule has 18 heavy (non-hydrogen) atoms. The molecule has 0 radical (unpaired) electrons. The van der Waals surface area contributed by atoms with Crippen molar-refractivity contribution in [1.29, 1.82) is 0 Å². The molecular weight excluding hydrogens is 230 g/mol. The lowest BCUT2D eigenvalue weighted by molar-refractivity contribution is -0.0281. The van der Waals surface area contributed by atoms with E-state index in [0.29, 0.717) is 17.9 Å². The highest BCUT2D eigenvalue weighted by atomic mass is 16.6. The van der Waals surface area contributed by atoms with E-state index in [0.717, 1.165) is 5.56 Å². The van der Waals surface area contributed by atoms with Crippen molar-refractivity contribution in [1.82, 2.24) is 0 Å². The molecule has 1 rings (SSSR count). The number of hydrogen-bond acceptors (Lipinski definition) is 4. The number of esters is 1. The molecule has 0 spiro atoms. The van der Waals surface area contributed by atoms with E-state index in [-0.39, 0.29) is 18.2 Å². The van der Waals surface area contributed by atoms with Gasteiger partial charge < -0.3 is 15.2 Å². The van der Waals surface area contributed by atoms with Gasteiger partial charge in [-0.3, -0.25) is 0 Å². The molecule has 4 nitrogen and oxygen atoms in total. The zero-order chi connectivity index (χ0) is 13.8. The zero-order valence-electron chi connectivity index (χ0n) is 11.4. The van der Waals surface area contributed by atoms with Crippen LogP contribution < -0.4 is 5.73 Å². The van der Waals surface area contributed by atoms with Crippen molar-refractivity contribution in [2.75, 3.05) is 18.9 Å².